The van der Waals surface area contributed by atoms with E-state index in [9.17, 15) is 0 Å². The molecule has 2 aromatic rings. The Morgan fingerprint density at radius 1 is 0.938 bits per heavy atom. The SMILES string of the molecule is Cc1ccc(-c2nc(Cl)nc(Cl)n2)c(C)c1. The molecule has 0 bridgehead atoms. The average Bonchev–Trinajstić information content (AvgIpc) is 2.15. The molecule has 1 heterocycles. The predicted octanol–water partition coefficient (Wildman–Crippen LogP) is 3.46. The molecule has 0 radical (unpaired) electrons. The normalized spacial score (nSPS) is 10.5. The van der Waals surface area contributed by atoms with Crippen molar-refractivity contribution in [3.63, 3.8) is 0 Å². The van der Waals surface area contributed by atoms with E-state index in [1.165, 1.54) is 5.56 Å². The summed E-state index contributed by atoms with van der Waals surface area (Å²) in [6.07, 6.45) is 0. The molecule has 1 aromatic carbocycles. The van der Waals surface area contributed by atoms with Crippen molar-refractivity contribution < 1.29 is 0 Å². The molecule has 16 heavy (non-hydrogen) atoms. The summed E-state index contributed by atoms with van der Waals surface area (Å²) in [6, 6.07) is 6.00. The van der Waals surface area contributed by atoms with Crippen molar-refractivity contribution in [2.45, 2.75) is 13.8 Å². The van der Waals surface area contributed by atoms with Crippen molar-refractivity contribution in [2.24, 2.45) is 0 Å². The zero-order valence-corrected chi connectivity index (χ0v) is 10.3. The lowest BCUT2D eigenvalue weighted by Crippen LogP contribution is -1.95. The highest BCUT2D eigenvalue weighted by Gasteiger charge is 2.08. The maximum atomic E-state index is 5.74. The smallest absolute Gasteiger partial charge is 0.198 e. The molecule has 0 aliphatic carbocycles. The third-order valence-electron chi connectivity index (χ3n) is 2.20. The van der Waals surface area contributed by atoms with Crippen molar-refractivity contribution in [3.05, 3.63) is 39.9 Å². The van der Waals surface area contributed by atoms with Crippen LogP contribution in [0.15, 0.2) is 18.2 Å². The molecule has 0 spiro atoms. The molecule has 0 N–H and O–H groups in total. The first-order chi connectivity index (χ1) is 7.56. The predicted molar refractivity (Wildman–Crippen MR) is 64.8 cm³/mol. The first kappa shape index (κ1) is 11.3. The lowest BCUT2D eigenvalue weighted by Gasteiger charge is -2.05. The second kappa shape index (κ2) is 4.36. The molecule has 0 amide bonds. The first-order valence-electron chi connectivity index (χ1n) is 4.71. The zero-order valence-electron chi connectivity index (χ0n) is 8.83. The Morgan fingerprint density at radius 2 is 1.56 bits per heavy atom. The number of rotatable bonds is 1. The van der Waals surface area contributed by atoms with Gasteiger partial charge in [0.1, 0.15) is 0 Å². The summed E-state index contributed by atoms with van der Waals surface area (Å²) in [5.74, 6) is 0.502. The van der Waals surface area contributed by atoms with E-state index in [0.717, 1.165) is 11.1 Å². The van der Waals surface area contributed by atoms with Gasteiger partial charge in [0, 0.05) is 5.56 Å². The van der Waals surface area contributed by atoms with E-state index in [2.05, 4.69) is 21.0 Å². The monoisotopic (exact) mass is 253 g/mol. The quantitative estimate of drug-likeness (QED) is 0.782. The van der Waals surface area contributed by atoms with Gasteiger partial charge in [-0.3, -0.25) is 0 Å². The van der Waals surface area contributed by atoms with Crippen LogP contribution in [0.4, 0.5) is 0 Å². The maximum Gasteiger partial charge on any atom is 0.227 e. The van der Waals surface area contributed by atoms with E-state index in [0.29, 0.717) is 5.82 Å². The Hall–Kier alpha value is -1.19. The Bertz CT molecular complexity index is 520. The second-order valence-corrected chi connectivity index (χ2v) is 4.19. The van der Waals surface area contributed by atoms with Gasteiger partial charge in [-0.05, 0) is 42.6 Å². The summed E-state index contributed by atoms with van der Waals surface area (Å²) in [6.45, 7) is 4.03. The molecule has 5 heteroatoms. The van der Waals surface area contributed by atoms with Crippen molar-refractivity contribution in [3.8, 4) is 11.4 Å². The van der Waals surface area contributed by atoms with Gasteiger partial charge in [-0.25, -0.2) is 0 Å². The number of aryl methyl sites for hydroxylation is 2. The van der Waals surface area contributed by atoms with Crippen LogP contribution >= 0.6 is 23.2 Å². The van der Waals surface area contributed by atoms with Crippen LogP contribution in [0.3, 0.4) is 0 Å². The minimum Gasteiger partial charge on any atom is -0.198 e. The fourth-order valence-corrected chi connectivity index (χ4v) is 1.87. The number of benzene rings is 1. The van der Waals surface area contributed by atoms with Gasteiger partial charge in [0.15, 0.2) is 5.82 Å². The summed E-state index contributed by atoms with van der Waals surface area (Å²) >= 11 is 11.5. The van der Waals surface area contributed by atoms with E-state index in [1.54, 1.807) is 0 Å². The van der Waals surface area contributed by atoms with E-state index >= 15 is 0 Å². The van der Waals surface area contributed by atoms with Gasteiger partial charge >= 0.3 is 0 Å². The van der Waals surface area contributed by atoms with Crippen LogP contribution in [0, 0.1) is 13.8 Å². The van der Waals surface area contributed by atoms with E-state index in [-0.39, 0.29) is 10.6 Å². The molecule has 3 nitrogen and oxygen atoms in total. The van der Waals surface area contributed by atoms with Crippen molar-refractivity contribution in [2.75, 3.05) is 0 Å². The molecule has 0 saturated heterocycles. The van der Waals surface area contributed by atoms with Gasteiger partial charge in [-0.2, -0.15) is 15.0 Å². The van der Waals surface area contributed by atoms with Gasteiger partial charge in [0.05, 0.1) is 0 Å². The Kier molecular flexibility index (Phi) is 3.08. The van der Waals surface area contributed by atoms with E-state index < -0.39 is 0 Å². The number of aromatic nitrogens is 3. The van der Waals surface area contributed by atoms with Gasteiger partial charge in [0.2, 0.25) is 10.6 Å². The lowest BCUT2D eigenvalue weighted by molar-refractivity contribution is 1.05. The number of nitrogens with zero attached hydrogens (tertiary/aromatic N) is 3. The molecule has 0 fully saturated rings. The topological polar surface area (TPSA) is 38.7 Å². The summed E-state index contributed by atoms with van der Waals surface area (Å²) < 4.78 is 0. The summed E-state index contributed by atoms with van der Waals surface area (Å²) in [7, 11) is 0. The lowest BCUT2D eigenvalue weighted by atomic mass is 10.1. The minimum atomic E-state index is 0.106. The van der Waals surface area contributed by atoms with E-state index in [4.69, 9.17) is 23.2 Å². The minimum absolute atomic E-state index is 0.106. The maximum absolute atomic E-state index is 5.74. The van der Waals surface area contributed by atoms with Gasteiger partial charge in [-0.1, -0.05) is 23.8 Å². The zero-order chi connectivity index (χ0) is 11.7. The third-order valence-corrected chi connectivity index (χ3v) is 2.54. The first-order valence-corrected chi connectivity index (χ1v) is 5.46. The Labute approximate surface area is 103 Å². The van der Waals surface area contributed by atoms with E-state index in [1.807, 2.05) is 26.0 Å². The van der Waals surface area contributed by atoms with Crippen LogP contribution in [0.1, 0.15) is 11.1 Å². The summed E-state index contributed by atoms with van der Waals surface area (Å²) in [4.78, 5) is 11.8. The highest BCUT2D eigenvalue weighted by atomic mass is 35.5. The second-order valence-electron chi connectivity index (χ2n) is 3.52. The van der Waals surface area contributed by atoms with Crippen LogP contribution in [0.5, 0.6) is 0 Å². The highest BCUT2D eigenvalue weighted by Crippen LogP contribution is 2.22. The molecule has 2 rings (SSSR count). The van der Waals surface area contributed by atoms with Crippen LogP contribution in [0.2, 0.25) is 10.6 Å². The van der Waals surface area contributed by atoms with Crippen molar-refractivity contribution in [1.29, 1.82) is 0 Å². The average molecular weight is 254 g/mol. The van der Waals surface area contributed by atoms with Crippen LogP contribution in [-0.2, 0) is 0 Å². The summed E-state index contributed by atoms with van der Waals surface area (Å²) in [5, 5.41) is 0.213. The molecule has 0 aliphatic heterocycles. The van der Waals surface area contributed by atoms with Crippen LogP contribution < -0.4 is 0 Å². The molecule has 0 atom stereocenters. The van der Waals surface area contributed by atoms with Gasteiger partial charge in [-0.15, -0.1) is 0 Å². The molecular formula is C11H9Cl2N3. The van der Waals surface area contributed by atoms with Gasteiger partial charge < -0.3 is 0 Å². The van der Waals surface area contributed by atoms with Crippen LogP contribution in [-0.4, -0.2) is 15.0 Å². The van der Waals surface area contributed by atoms with Crippen molar-refractivity contribution in [1.82, 2.24) is 15.0 Å². The number of hydrogen-bond donors (Lipinski definition) is 0. The van der Waals surface area contributed by atoms with Crippen LogP contribution in [0.25, 0.3) is 11.4 Å². The fourth-order valence-electron chi connectivity index (χ4n) is 1.51. The molecule has 0 saturated carbocycles. The third kappa shape index (κ3) is 2.31. The molecule has 1 aromatic heterocycles. The molecule has 82 valence electrons. The Balaban J connectivity index is 2.58. The highest BCUT2D eigenvalue weighted by molar-refractivity contribution is 6.31. The molecular weight excluding hydrogens is 245 g/mol. The fraction of sp³-hybridized carbons (Fsp3) is 0.182. The number of halogens is 2. The molecule has 0 unspecified atom stereocenters. The standard InChI is InChI=1S/C11H9Cl2N3/c1-6-3-4-8(7(2)5-6)9-14-10(12)16-11(13)15-9/h3-5H,1-2H3. The number of hydrogen-bond acceptors (Lipinski definition) is 3. The summed E-state index contributed by atoms with van der Waals surface area (Å²) in [5.41, 5.74) is 3.18. The Morgan fingerprint density at radius 3 is 2.12 bits per heavy atom. The largest absolute Gasteiger partial charge is 0.227 e. The van der Waals surface area contributed by atoms with Gasteiger partial charge in [0.25, 0.3) is 0 Å². The van der Waals surface area contributed by atoms with Crippen molar-refractivity contribution >= 4 is 23.2 Å². The molecule has 0 aliphatic rings.